The first-order valence-electron chi connectivity index (χ1n) is 9.06. The van der Waals surface area contributed by atoms with Gasteiger partial charge < -0.3 is 10.4 Å². The van der Waals surface area contributed by atoms with Gasteiger partial charge in [-0.1, -0.05) is 35.9 Å². The number of aromatic nitrogens is 1. The number of hydrogen-bond donors (Lipinski definition) is 2. The SMILES string of the molecule is Cc1cccc(CNc2ccc(-c3ccc(F)c(C(C)(C)C(=O)O)c3)cn2)c1. The first-order chi connectivity index (χ1) is 13.3. The fourth-order valence-corrected chi connectivity index (χ4v) is 2.98. The van der Waals surface area contributed by atoms with E-state index in [1.807, 2.05) is 18.2 Å². The van der Waals surface area contributed by atoms with Crippen molar-refractivity contribution in [3.63, 3.8) is 0 Å². The monoisotopic (exact) mass is 378 g/mol. The molecular formula is C23H23FN2O2. The Bertz CT molecular complexity index is 998. The summed E-state index contributed by atoms with van der Waals surface area (Å²) in [5.41, 5.74) is 2.73. The second-order valence-electron chi connectivity index (χ2n) is 7.40. The average molecular weight is 378 g/mol. The van der Waals surface area contributed by atoms with Gasteiger partial charge in [0.25, 0.3) is 0 Å². The number of hydrogen-bond acceptors (Lipinski definition) is 3. The highest BCUT2D eigenvalue weighted by Crippen LogP contribution is 2.30. The van der Waals surface area contributed by atoms with E-state index in [-0.39, 0.29) is 5.56 Å². The number of nitrogens with zero attached hydrogens (tertiary/aromatic N) is 1. The summed E-state index contributed by atoms with van der Waals surface area (Å²) in [5.74, 6) is -0.864. The number of nitrogens with one attached hydrogen (secondary N) is 1. The van der Waals surface area contributed by atoms with E-state index in [9.17, 15) is 14.3 Å². The number of anilines is 1. The zero-order chi connectivity index (χ0) is 20.3. The molecule has 3 aromatic rings. The smallest absolute Gasteiger partial charge is 0.313 e. The normalized spacial score (nSPS) is 11.3. The van der Waals surface area contributed by atoms with Crippen LogP contribution in [0.3, 0.4) is 0 Å². The average Bonchev–Trinajstić information content (AvgIpc) is 2.67. The lowest BCUT2D eigenvalue weighted by atomic mass is 9.83. The van der Waals surface area contributed by atoms with Crippen molar-refractivity contribution >= 4 is 11.8 Å². The largest absolute Gasteiger partial charge is 0.481 e. The molecular weight excluding hydrogens is 355 g/mol. The third-order valence-electron chi connectivity index (χ3n) is 4.83. The van der Waals surface area contributed by atoms with Crippen LogP contribution in [0, 0.1) is 12.7 Å². The van der Waals surface area contributed by atoms with E-state index in [1.54, 1.807) is 18.3 Å². The molecule has 0 bridgehead atoms. The second kappa shape index (κ2) is 7.80. The molecule has 0 atom stereocenters. The lowest BCUT2D eigenvalue weighted by molar-refractivity contribution is -0.142. The van der Waals surface area contributed by atoms with Gasteiger partial charge in [0, 0.05) is 23.9 Å². The Labute approximate surface area is 164 Å². The quantitative estimate of drug-likeness (QED) is 0.621. The van der Waals surface area contributed by atoms with Crippen molar-refractivity contribution in [2.75, 3.05) is 5.32 Å². The number of pyridine rings is 1. The molecule has 0 amide bonds. The standard InChI is InChI=1S/C23H23FN2O2/c1-15-5-4-6-16(11-15)13-25-21-10-8-18(14-26-21)17-7-9-20(24)19(12-17)23(2,3)22(27)28/h4-12,14H,13H2,1-3H3,(H,25,26)(H,27,28). The molecule has 0 aliphatic carbocycles. The maximum absolute atomic E-state index is 14.2. The van der Waals surface area contributed by atoms with Crippen LogP contribution in [0.4, 0.5) is 10.2 Å². The van der Waals surface area contributed by atoms with Gasteiger partial charge in [-0.15, -0.1) is 0 Å². The number of rotatable bonds is 6. The molecule has 0 radical (unpaired) electrons. The molecule has 4 nitrogen and oxygen atoms in total. The third-order valence-corrected chi connectivity index (χ3v) is 4.83. The molecule has 28 heavy (non-hydrogen) atoms. The lowest BCUT2D eigenvalue weighted by Crippen LogP contribution is -2.29. The van der Waals surface area contributed by atoms with Crippen molar-refractivity contribution in [2.24, 2.45) is 0 Å². The first kappa shape index (κ1) is 19.5. The third kappa shape index (κ3) is 4.19. The summed E-state index contributed by atoms with van der Waals surface area (Å²) >= 11 is 0. The summed E-state index contributed by atoms with van der Waals surface area (Å²) < 4.78 is 14.2. The van der Waals surface area contributed by atoms with Crippen LogP contribution in [0.25, 0.3) is 11.1 Å². The zero-order valence-electron chi connectivity index (χ0n) is 16.2. The van der Waals surface area contributed by atoms with E-state index in [2.05, 4.69) is 35.4 Å². The van der Waals surface area contributed by atoms with Crippen molar-refractivity contribution in [1.29, 1.82) is 0 Å². The minimum Gasteiger partial charge on any atom is -0.481 e. The molecule has 0 spiro atoms. The predicted octanol–water partition coefficient (Wildman–Crippen LogP) is 5.17. The van der Waals surface area contributed by atoms with Gasteiger partial charge in [-0.05, 0) is 56.2 Å². The number of halogens is 1. The highest BCUT2D eigenvalue weighted by Gasteiger charge is 2.32. The van der Waals surface area contributed by atoms with Crippen molar-refractivity contribution < 1.29 is 14.3 Å². The van der Waals surface area contributed by atoms with Gasteiger partial charge >= 0.3 is 5.97 Å². The van der Waals surface area contributed by atoms with Gasteiger partial charge in [-0.3, -0.25) is 4.79 Å². The maximum atomic E-state index is 14.2. The fourth-order valence-electron chi connectivity index (χ4n) is 2.98. The summed E-state index contributed by atoms with van der Waals surface area (Å²) in [6.07, 6.45) is 1.70. The van der Waals surface area contributed by atoms with Crippen molar-refractivity contribution in [3.05, 3.63) is 83.3 Å². The number of benzene rings is 2. The van der Waals surface area contributed by atoms with E-state index < -0.39 is 17.2 Å². The van der Waals surface area contributed by atoms with E-state index in [4.69, 9.17) is 0 Å². The number of carboxylic acid groups (broad SMARTS) is 1. The molecule has 5 heteroatoms. The van der Waals surface area contributed by atoms with E-state index >= 15 is 0 Å². The number of carboxylic acids is 1. The van der Waals surface area contributed by atoms with Crippen LogP contribution in [-0.4, -0.2) is 16.1 Å². The Morgan fingerprint density at radius 2 is 1.86 bits per heavy atom. The Kier molecular flexibility index (Phi) is 5.45. The summed E-state index contributed by atoms with van der Waals surface area (Å²) in [6, 6.07) is 16.5. The highest BCUT2D eigenvalue weighted by atomic mass is 19.1. The lowest BCUT2D eigenvalue weighted by Gasteiger charge is -2.21. The van der Waals surface area contributed by atoms with E-state index in [1.165, 1.54) is 31.0 Å². The van der Waals surface area contributed by atoms with Crippen LogP contribution in [0.5, 0.6) is 0 Å². The molecule has 0 saturated carbocycles. The van der Waals surface area contributed by atoms with Gasteiger partial charge in [0.1, 0.15) is 11.6 Å². The molecule has 0 aliphatic heterocycles. The van der Waals surface area contributed by atoms with E-state index in [0.717, 1.165) is 16.9 Å². The van der Waals surface area contributed by atoms with Crippen LogP contribution < -0.4 is 5.32 Å². The second-order valence-corrected chi connectivity index (χ2v) is 7.40. The molecule has 0 unspecified atom stereocenters. The van der Waals surface area contributed by atoms with Crippen LogP contribution in [0.2, 0.25) is 0 Å². The van der Waals surface area contributed by atoms with Crippen LogP contribution >= 0.6 is 0 Å². The Balaban J connectivity index is 1.79. The highest BCUT2D eigenvalue weighted by molar-refractivity contribution is 5.81. The molecule has 3 rings (SSSR count). The molecule has 1 heterocycles. The van der Waals surface area contributed by atoms with Gasteiger partial charge in [0.15, 0.2) is 0 Å². The number of carbonyl (C=O) groups is 1. The van der Waals surface area contributed by atoms with Gasteiger partial charge in [0.2, 0.25) is 0 Å². The maximum Gasteiger partial charge on any atom is 0.313 e. The molecule has 0 saturated heterocycles. The molecule has 144 valence electrons. The molecule has 2 aromatic carbocycles. The molecule has 2 N–H and O–H groups in total. The minimum absolute atomic E-state index is 0.152. The predicted molar refractivity (Wildman–Crippen MR) is 109 cm³/mol. The summed E-state index contributed by atoms with van der Waals surface area (Å²) in [4.78, 5) is 15.9. The zero-order valence-corrected chi connectivity index (χ0v) is 16.2. The number of aryl methyl sites for hydroxylation is 1. The minimum atomic E-state index is -1.32. The van der Waals surface area contributed by atoms with Crippen LogP contribution in [-0.2, 0) is 16.8 Å². The van der Waals surface area contributed by atoms with Crippen molar-refractivity contribution in [2.45, 2.75) is 32.7 Å². The Morgan fingerprint density at radius 3 is 2.50 bits per heavy atom. The van der Waals surface area contributed by atoms with Gasteiger partial charge in [0.05, 0.1) is 5.41 Å². The molecule has 0 fully saturated rings. The summed E-state index contributed by atoms with van der Waals surface area (Å²) in [6.45, 7) is 5.71. The first-order valence-corrected chi connectivity index (χ1v) is 9.06. The van der Waals surface area contributed by atoms with Crippen LogP contribution in [0.1, 0.15) is 30.5 Å². The Hall–Kier alpha value is -3.21. The van der Waals surface area contributed by atoms with Crippen molar-refractivity contribution in [1.82, 2.24) is 4.98 Å². The molecule has 0 aliphatic rings. The summed E-state index contributed by atoms with van der Waals surface area (Å²) in [5, 5.41) is 12.7. The molecule has 1 aromatic heterocycles. The van der Waals surface area contributed by atoms with Gasteiger partial charge in [-0.25, -0.2) is 9.37 Å². The summed E-state index contributed by atoms with van der Waals surface area (Å²) in [7, 11) is 0. The Morgan fingerprint density at radius 1 is 1.11 bits per heavy atom. The van der Waals surface area contributed by atoms with Crippen molar-refractivity contribution in [3.8, 4) is 11.1 Å². The van der Waals surface area contributed by atoms with E-state index in [0.29, 0.717) is 6.54 Å². The number of aliphatic carboxylic acids is 1. The van der Waals surface area contributed by atoms with Crippen LogP contribution in [0.15, 0.2) is 60.8 Å². The fraction of sp³-hybridized carbons (Fsp3) is 0.217. The van der Waals surface area contributed by atoms with Gasteiger partial charge in [-0.2, -0.15) is 0 Å². The topological polar surface area (TPSA) is 62.2 Å².